The van der Waals surface area contributed by atoms with Crippen molar-refractivity contribution in [3.8, 4) is 5.75 Å². The van der Waals surface area contributed by atoms with E-state index in [-0.39, 0.29) is 11.8 Å². The second-order valence-electron chi connectivity index (χ2n) is 4.19. The van der Waals surface area contributed by atoms with E-state index >= 15 is 0 Å². The van der Waals surface area contributed by atoms with Crippen LogP contribution in [0.1, 0.15) is 6.92 Å². The lowest BCUT2D eigenvalue weighted by Crippen LogP contribution is -2.30. The van der Waals surface area contributed by atoms with Crippen LogP contribution in [0.25, 0.3) is 0 Å². The maximum absolute atomic E-state index is 11.8. The van der Waals surface area contributed by atoms with Crippen molar-refractivity contribution in [2.45, 2.75) is 6.92 Å². The van der Waals surface area contributed by atoms with Gasteiger partial charge in [0.05, 0.1) is 11.9 Å². The molecule has 0 saturated heterocycles. The summed E-state index contributed by atoms with van der Waals surface area (Å²) in [6.45, 7) is 5.86. The van der Waals surface area contributed by atoms with Crippen molar-refractivity contribution in [2.75, 3.05) is 18.1 Å². The van der Waals surface area contributed by atoms with Crippen molar-refractivity contribution < 1.29 is 19.1 Å². The highest BCUT2D eigenvalue weighted by Crippen LogP contribution is 2.24. The fourth-order valence-electron chi connectivity index (χ4n) is 1.81. The fraction of sp³-hybridized carbons (Fsp3) is 0.200. The molecule has 0 saturated carbocycles. The van der Waals surface area contributed by atoms with Crippen molar-refractivity contribution in [1.82, 2.24) is 0 Å². The van der Waals surface area contributed by atoms with Gasteiger partial charge in [0.2, 0.25) is 0 Å². The lowest BCUT2D eigenvalue weighted by Gasteiger charge is -2.15. The normalized spacial score (nSPS) is 14.2. The Morgan fingerprint density at radius 3 is 2.45 bits per heavy atom. The van der Waals surface area contributed by atoms with E-state index in [1.54, 1.807) is 31.2 Å². The molecular weight excluding hydrogens is 258 g/mol. The van der Waals surface area contributed by atoms with Crippen LogP contribution < -0.4 is 9.64 Å². The minimum atomic E-state index is -0.319. The van der Waals surface area contributed by atoms with Gasteiger partial charge in [-0.3, -0.25) is 9.59 Å². The quantitative estimate of drug-likeness (QED) is 0.452. The minimum Gasteiger partial charge on any atom is -0.498 e. The number of ether oxygens (including phenoxy) is 2. The minimum absolute atomic E-state index is 0.289. The molecule has 1 aliphatic heterocycles. The molecule has 2 amide bonds. The number of carbonyl (C=O) groups excluding carboxylic acids is 2. The Morgan fingerprint density at radius 1 is 1.20 bits per heavy atom. The molecule has 104 valence electrons. The van der Waals surface area contributed by atoms with E-state index in [0.29, 0.717) is 30.2 Å². The largest absolute Gasteiger partial charge is 0.498 e. The van der Waals surface area contributed by atoms with Gasteiger partial charge in [0.1, 0.15) is 19.0 Å². The Balaban J connectivity index is 2.00. The van der Waals surface area contributed by atoms with E-state index in [1.165, 1.54) is 12.3 Å². The predicted molar refractivity (Wildman–Crippen MR) is 74.3 cm³/mol. The van der Waals surface area contributed by atoms with Gasteiger partial charge < -0.3 is 9.47 Å². The third-order valence-electron chi connectivity index (χ3n) is 2.78. The van der Waals surface area contributed by atoms with Crippen molar-refractivity contribution in [2.24, 2.45) is 0 Å². The molecule has 1 heterocycles. The first-order chi connectivity index (χ1) is 9.63. The summed E-state index contributed by atoms with van der Waals surface area (Å²) in [5.74, 6) is 0.0359. The molecule has 1 aromatic rings. The summed E-state index contributed by atoms with van der Waals surface area (Å²) >= 11 is 0. The number of hydrogen-bond donors (Lipinski definition) is 0. The lowest BCUT2D eigenvalue weighted by molar-refractivity contribution is -0.120. The monoisotopic (exact) mass is 273 g/mol. The van der Waals surface area contributed by atoms with E-state index in [2.05, 4.69) is 6.58 Å². The van der Waals surface area contributed by atoms with Gasteiger partial charge in [-0.2, -0.15) is 0 Å². The molecule has 0 radical (unpaired) electrons. The summed E-state index contributed by atoms with van der Waals surface area (Å²) in [7, 11) is 0. The van der Waals surface area contributed by atoms with Crippen LogP contribution >= 0.6 is 0 Å². The van der Waals surface area contributed by atoms with Gasteiger partial charge >= 0.3 is 0 Å². The molecular formula is C15H15NO4. The Bertz CT molecular complexity index is 560. The van der Waals surface area contributed by atoms with Crippen LogP contribution in [0.3, 0.4) is 0 Å². The van der Waals surface area contributed by atoms with E-state index < -0.39 is 0 Å². The maximum atomic E-state index is 11.8. The predicted octanol–water partition coefficient (Wildman–Crippen LogP) is 2.04. The molecule has 2 rings (SSSR count). The number of amides is 2. The second-order valence-corrected chi connectivity index (χ2v) is 4.19. The molecule has 0 atom stereocenters. The van der Waals surface area contributed by atoms with Gasteiger partial charge in [-0.05, 0) is 31.2 Å². The zero-order valence-corrected chi connectivity index (χ0v) is 11.2. The molecule has 1 aromatic carbocycles. The topological polar surface area (TPSA) is 55.8 Å². The van der Waals surface area contributed by atoms with Crippen LogP contribution in [0.5, 0.6) is 5.75 Å². The van der Waals surface area contributed by atoms with Crippen LogP contribution in [-0.2, 0) is 14.3 Å². The van der Waals surface area contributed by atoms with Crippen LogP contribution in [0.2, 0.25) is 0 Å². The molecule has 5 heteroatoms. The summed E-state index contributed by atoms with van der Waals surface area (Å²) in [4.78, 5) is 24.7. The molecule has 1 aliphatic rings. The standard InChI is InChI=1S/C15H15NO4/c1-3-19-8-9-20-13-6-4-12(5-7-13)16-14(17)10-11(2)15(16)18/h3-7,10H,1,8-9H2,2H3. The molecule has 0 aliphatic carbocycles. The number of benzene rings is 1. The zero-order valence-electron chi connectivity index (χ0n) is 11.2. The Hall–Kier alpha value is -2.56. The third kappa shape index (κ3) is 2.88. The summed E-state index contributed by atoms with van der Waals surface area (Å²) in [5.41, 5.74) is 0.972. The number of hydrogen-bond acceptors (Lipinski definition) is 4. The Kier molecular flexibility index (Phi) is 4.20. The molecule has 0 N–H and O–H groups in total. The Labute approximate surface area is 117 Å². The summed E-state index contributed by atoms with van der Waals surface area (Å²) < 4.78 is 10.4. The molecule has 0 spiro atoms. The first-order valence-electron chi connectivity index (χ1n) is 6.15. The molecule has 0 fully saturated rings. The number of carbonyl (C=O) groups is 2. The van der Waals surface area contributed by atoms with Crippen molar-refractivity contribution in [1.29, 1.82) is 0 Å². The number of rotatable bonds is 6. The first kappa shape index (κ1) is 13.9. The van der Waals surface area contributed by atoms with E-state index in [0.717, 1.165) is 4.90 Å². The molecule has 5 nitrogen and oxygen atoms in total. The van der Waals surface area contributed by atoms with Gasteiger partial charge in [0.25, 0.3) is 11.8 Å². The molecule has 20 heavy (non-hydrogen) atoms. The number of nitrogens with zero attached hydrogens (tertiary/aromatic N) is 1. The maximum Gasteiger partial charge on any atom is 0.261 e. The van der Waals surface area contributed by atoms with Crippen LogP contribution in [0.15, 0.2) is 48.8 Å². The van der Waals surface area contributed by atoms with Gasteiger partial charge in [-0.25, -0.2) is 4.90 Å². The number of anilines is 1. The fourth-order valence-corrected chi connectivity index (χ4v) is 1.81. The highest BCUT2D eigenvalue weighted by atomic mass is 16.5. The summed E-state index contributed by atoms with van der Waals surface area (Å²) in [6.07, 6.45) is 2.69. The van der Waals surface area contributed by atoms with E-state index in [1.807, 2.05) is 0 Å². The van der Waals surface area contributed by atoms with E-state index in [9.17, 15) is 9.59 Å². The smallest absolute Gasteiger partial charge is 0.261 e. The zero-order chi connectivity index (χ0) is 14.5. The van der Waals surface area contributed by atoms with E-state index in [4.69, 9.17) is 9.47 Å². The highest BCUT2D eigenvalue weighted by molar-refractivity contribution is 6.30. The molecule has 0 bridgehead atoms. The van der Waals surface area contributed by atoms with Gasteiger partial charge in [-0.15, -0.1) is 0 Å². The average molecular weight is 273 g/mol. The lowest BCUT2D eigenvalue weighted by atomic mass is 10.2. The molecule has 0 aromatic heterocycles. The van der Waals surface area contributed by atoms with Gasteiger partial charge in [0, 0.05) is 11.6 Å². The molecule has 0 unspecified atom stereocenters. The highest BCUT2D eigenvalue weighted by Gasteiger charge is 2.29. The first-order valence-corrected chi connectivity index (χ1v) is 6.15. The average Bonchev–Trinajstić information content (AvgIpc) is 2.69. The Morgan fingerprint density at radius 2 is 1.90 bits per heavy atom. The SMILES string of the molecule is C=COCCOc1ccc(N2C(=O)C=C(C)C2=O)cc1. The van der Waals surface area contributed by atoms with Crippen LogP contribution in [0, 0.1) is 0 Å². The second kappa shape index (κ2) is 6.06. The van der Waals surface area contributed by atoms with Crippen molar-refractivity contribution in [3.63, 3.8) is 0 Å². The summed E-state index contributed by atoms with van der Waals surface area (Å²) in [6, 6.07) is 6.76. The van der Waals surface area contributed by atoms with Crippen LogP contribution in [0.4, 0.5) is 5.69 Å². The van der Waals surface area contributed by atoms with Crippen molar-refractivity contribution >= 4 is 17.5 Å². The van der Waals surface area contributed by atoms with Crippen LogP contribution in [-0.4, -0.2) is 25.0 Å². The van der Waals surface area contributed by atoms with Crippen molar-refractivity contribution in [3.05, 3.63) is 48.8 Å². The summed E-state index contributed by atoms with van der Waals surface area (Å²) in [5, 5.41) is 0. The van der Waals surface area contributed by atoms with Gasteiger partial charge in [0.15, 0.2) is 0 Å². The number of imide groups is 1. The van der Waals surface area contributed by atoms with Gasteiger partial charge in [-0.1, -0.05) is 6.58 Å². The third-order valence-corrected chi connectivity index (χ3v) is 2.78.